The normalized spacial score (nSPS) is 20.4. The van der Waals surface area contributed by atoms with E-state index in [-0.39, 0.29) is 83.5 Å². The molecule has 0 radical (unpaired) electrons. The molecule has 0 saturated heterocycles. The van der Waals surface area contributed by atoms with Gasteiger partial charge in [0.05, 0.1) is 31.7 Å². The molecule has 2 aliphatic carbocycles. The molecule has 2 atom stereocenters. The van der Waals surface area contributed by atoms with Gasteiger partial charge in [-0.05, 0) is 74.7 Å². The summed E-state index contributed by atoms with van der Waals surface area (Å²) in [6.07, 6.45) is 23.7. The number of allylic oxidation sites excluding steroid dienone is 20. The number of Topliss-reactive ketones (excluding diaryl/α,β-unsaturated/α-hetero) is 2. The second-order valence-electron chi connectivity index (χ2n) is 16.6. The van der Waals surface area contributed by atoms with Crippen molar-refractivity contribution >= 4 is 44.0 Å². The van der Waals surface area contributed by atoms with Gasteiger partial charge in [0.1, 0.15) is 0 Å². The van der Waals surface area contributed by atoms with Crippen molar-refractivity contribution < 1.29 is 114 Å². The molecule has 64 heavy (non-hydrogen) atoms. The molecule has 2 rings (SSSR count). The number of nitrogens with one attached hydrogen (secondary N) is 2. The molecule has 2 unspecified atom stereocenters. The Bertz CT molecular complexity index is 2150. The van der Waals surface area contributed by atoms with Crippen molar-refractivity contribution in [2.75, 3.05) is 24.6 Å². The summed E-state index contributed by atoms with van der Waals surface area (Å²) in [5, 5.41) is 4.40. The van der Waals surface area contributed by atoms with E-state index in [1.54, 1.807) is 13.8 Å². The minimum atomic E-state index is -4.49. The Morgan fingerprint density at radius 1 is 0.594 bits per heavy atom. The minimum absolute atomic E-state index is 0. The van der Waals surface area contributed by atoms with Crippen molar-refractivity contribution in [2.24, 2.45) is 10.8 Å². The number of ketones is 2. The summed E-state index contributed by atoms with van der Waals surface area (Å²) in [7, 11) is -8.99. The average Bonchev–Trinajstić information content (AvgIpc) is 3.13. The van der Waals surface area contributed by atoms with Gasteiger partial charge < -0.3 is 29.2 Å². The zero-order chi connectivity index (χ0) is 47.1. The topological polar surface area (TPSA) is 225 Å². The van der Waals surface area contributed by atoms with Crippen LogP contribution in [-0.2, 0) is 39.3 Å². The van der Waals surface area contributed by atoms with E-state index in [0.717, 1.165) is 33.4 Å². The SMILES string of the molecule is CC(C=CC=C(C)C=CC1=C(C)C(=O)C(OC(=O)NCCS(=O)(=O)[O-])CC1(C)C)=CC=CC=C(C)C=CC=C(C)C=CC1=C(C)C(=O)C(OC(=O)NCCS(=O)(=O)[O-])CC1(C)C.[Na+].[Na+]. The third-order valence-corrected chi connectivity index (χ3v) is 11.4. The Kier molecular flexibility index (Phi) is 26.1. The second kappa shape index (κ2) is 27.5. The molecule has 0 heterocycles. The number of ether oxygens (including phenoxy) is 2. The first-order valence-electron chi connectivity index (χ1n) is 20.0. The number of alkyl carbamates (subject to hydrolysis) is 2. The smallest absolute Gasteiger partial charge is 0.748 e. The fraction of sp³-hybridized carbons (Fsp3) is 0.435. The van der Waals surface area contributed by atoms with Crippen LogP contribution < -0.4 is 69.7 Å². The number of carbonyl (C=O) groups is 4. The molecule has 0 spiro atoms. The molecular formula is C46H60N2Na2O12S2. The predicted molar refractivity (Wildman–Crippen MR) is 239 cm³/mol. The Morgan fingerprint density at radius 3 is 1.20 bits per heavy atom. The Morgan fingerprint density at radius 2 is 0.891 bits per heavy atom. The molecule has 2 N–H and O–H groups in total. The van der Waals surface area contributed by atoms with Gasteiger partial charge in [-0.15, -0.1) is 0 Å². The van der Waals surface area contributed by atoms with Crippen LogP contribution in [-0.4, -0.2) is 86.5 Å². The third-order valence-electron chi connectivity index (χ3n) is 10.0. The van der Waals surface area contributed by atoms with Crippen LogP contribution in [0.4, 0.5) is 9.59 Å². The maximum absolute atomic E-state index is 13.0. The summed E-state index contributed by atoms with van der Waals surface area (Å²) in [5.74, 6) is -2.23. The van der Waals surface area contributed by atoms with Gasteiger partial charge in [-0.3, -0.25) is 9.59 Å². The molecule has 0 bridgehead atoms. The summed E-state index contributed by atoms with van der Waals surface area (Å²) in [6, 6.07) is 0. The van der Waals surface area contributed by atoms with Gasteiger partial charge >= 0.3 is 71.3 Å². The summed E-state index contributed by atoms with van der Waals surface area (Å²) in [4.78, 5) is 50.3. The van der Waals surface area contributed by atoms with Crippen molar-refractivity contribution in [1.29, 1.82) is 0 Å². The summed E-state index contributed by atoms with van der Waals surface area (Å²) < 4.78 is 75.1. The number of carbonyl (C=O) groups excluding carboxylic acids is 4. The van der Waals surface area contributed by atoms with Crippen molar-refractivity contribution in [3.8, 4) is 0 Å². The van der Waals surface area contributed by atoms with E-state index in [9.17, 15) is 45.1 Å². The molecular weight excluding hydrogens is 883 g/mol. The largest absolute Gasteiger partial charge is 1.00 e. The van der Waals surface area contributed by atoms with Gasteiger partial charge in [0.25, 0.3) is 0 Å². The number of hydrogen-bond acceptors (Lipinski definition) is 12. The second-order valence-corrected chi connectivity index (χ2v) is 19.6. The Balaban J connectivity index is 0.0000198. The van der Waals surface area contributed by atoms with E-state index in [0.29, 0.717) is 11.1 Å². The van der Waals surface area contributed by atoms with Gasteiger partial charge in [0.15, 0.2) is 23.8 Å². The monoisotopic (exact) mass is 942 g/mol. The van der Waals surface area contributed by atoms with Crippen molar-refractivity contribution in [3.63, 3.8) is 0 Å². The minimum Gasteiger partial charge on any atom is -0.748 e. The van der Waals surface area contributed by atoms with E-state index in [1.165, 1.54) is 0 Å². The number of hydrogen-bond donors (Lipinski definition) is 2. The summed E-state index contributed by atoms with van der Waals surface area (Å²) in [6.45, 7) is 18.2. The molecule has 0 saturated carbocycles. The summed E-state index contributed by atoms with van der Waals surface area (Å²) >= 11 is 0. The van der Waals surface area contributed by atoms with E-state index >= 15 is 0 Å². The Labute approximate surface area is 424 Å². The maximum atomic E-state index is 13.0. The molecule has 2 amide bonds. The van der Waals surface area contributed by atoms with Gasteiger partial charge in [-0.25, -0.2) is 26.4 Å². The first kappa shape index (κ1) is 60.8. The molecule has 18 heteroatoms. The van der Waals surface area contributed by atoms with E-state index < -0.39 is 80.1 Å². The molecule has 0 aromatic rings. The van der Waals surface area contributed by atoms with Crippen LogP contribution in [0.5, 0.6) is 0 Å². The van der Waals surface area contributed by atoms with Gasteiger partial charge in [0.2, 0.25) is 0 Å². The molecule has 2 aliphatic rings. The van der Waals surface area contributed by atoms with Crippen molar-refractivity contribution in [1.82, 2.24) is 10.6 Å². The van der Waals surface area contributed by atoms with Crippen LogP contribution in [0.1, 0.15) is 82.1 Å². The quantitative estimate of drug-likeness (QED) is 0.113. The molecule has 0 aliphatic heterocycles. The van der Waals surface area contributed by atoms with Crippen LogP contribution in [0.3, 0.4) is 0 Å². The molecule has 340 valence electrons. The zero-order valence-electron chi connectivity index (χ0n) is 39.2. The maximum Gasteiger partial charge on any atom is 1.00 e. The first-order chi connectivity index (χ1) is 28.6. The van der Waals surface area contributed by atoms with Crippen molar-refractivity contribution in [2.45, 2.75) is 94.3 Å². The van der Waals surface area contributed by atoms with Crippen LogP contribution >= 0.6 is 0 Å². The number of rotatable bonds is 18. The molecule has 0 aromatic carbocycles. The molecule has 0 fully saturated rings. The molecule has 14 nitrogen and oxygen atoms in total. The van der Waals surface area contributed by atoms with Crippen LogP contribution in [0.2, 0.25) is 0 Å². The fourth-order valence-electron chi connectivity index (χ4n) is 6.66. The van der Waals surface area contributed by atoms with Crippen LogP contribution in [0.25, 0.3) is 0 Å². The Hall–Kier alpha value is -3.16. The van der Waals surface area contributed by atoms with E-state index in [1.807, 2.05) is 140 Å². The van der Waals surface area contributed by atoms with E-state index in [2.05, 4.69) is 10.6 Å². The zero-order valence-corrected chi connectivity index (χ0v) is 44.8. The van der Waals surface area contributed by atoms with Crippen LogP contribution in [0, 0.1) is 10.8 Å². The van der Waals surface area contributed by atoms with Gasteiger partial charge in [-0.2, -0.15) is 0 Å². The fourth-order valence-corrected chi connectivity index (χ4v) is 7.36. The summed E-state index contributed by atoms with van der Waals surface area (Å²) in [5.41, 5.74) is 5.51. The first-order valence-corrected chi connectivity index (χ1v) is 23.1. The number of amides is 2. The van der Waals surface area contributed by atoms with E-state index in [4.69, 9.17) is 9.47 Å². The van der Waals surface area contributed by atoms with Crippen molar-refractivity contribution in [3.05, 3.63) is 130 Å². The standard InChI is InChI=1S/C46H62N2O12S2.2Na/c1-31(17-13-19-33(3)21-23-37-35(5)41(49)39(29-45(37,7)8)59-43(51)47-25-27-61(53,54)55)15-11-12-16-32(2)18-14-20-34(4)22-24-38-36(6)42(50)40(30-46(38,9)10)60-44(52)48-26-28-62(56,57)58;;/h11-24,39-40H,25-30H2,1-10H3,(H,47,51)(H,48,52)(H,53,54,55)(H,56,57,58);;/q;2*+1/p-2. The average molecular weight is 943 g/mol. The molecule has 0 aromatic heterocycles. The predicted octanol–water partition coefficient (Wildman–Crippen LogP) is 1.47. The third kappa shape index (κ3) is 22.4. The van der Waals surface area contributed by atoms with Gasteiger partial charge in [-0.1, -0.05) is 135 Å². The van der Waals surface area contributed by atoms with Crippen LogP contribution in [0.15, 0.2) is 130 Å². The van der Waals surface area contributed by atoms with Gasteiger partial charge in [0, 0.05) is 25.9 Å².